The molecule has 1 aromatic heterocycles. The van der Waals surface area contributed by atoms with Gasteiger partial charge in [-0.25, -0.2) is 17.8 Å². The Labute approximate surface area is 181 Å². The highest BCUT2D eigenvalue weighted by atomic mass is 32.2. The zero-order valence-corrected chi connectivity index (χ0v) is 18.2. The number of carbonyl (C=O) groups excluding carboxylic acids is 1. The first-order chi connectivity index (χ1) is 14.7. The number of nitrogens with one attached hydrogen (secondary N) is 1. The van der Waals surface area contributed by atoms with E-state index in [0.29, 0.717) is 18.4 Å². The molecule has 0 bridgehead atoms. The van der Waals surface area contributed by atoms with E-state index in [1.807, 2.05) is 13.0 Å². The second kappa shape index (κ2) is 7.92. The third kappa shape index (κ3) is 3.65. The number of hydrogen-bond acceptors (Lipinski definition) is 4. The highest BCUT2D eigenvalue weighted by molar-refractivity contribution is 7.93. The summed E-state index contributed by atoms with van der Waals surface area (Å²) in [5.74, 6) is -1.16. The monoisotopic (exact) mass is 441 g/mol. The Morgan fingerprint density at radius 3 is 2.52 bits per heavy atom. The highest BCUT2D eigenvalue weighted by Gasteiger charge is 2.53. The molecule has 2 aromatic carbocycles. The van der Waals surface area contributed by atoms with E-state index in [1.165, 1.54) is 29.2 Å². The number of aryl methyl sites for hydroxylation is 2. The summed E-state index contributed by atoms with van der Waals surface area (Å²) in [4.78, 5) is 17.4. The second-order valence-electron chi connectivity index (χ2n) is 8.06. The number of halogens is 1. The largest absolute Gasteiger partial charge is 0.325 e. The average Bonchev–Trinajstić information content (AvgIpc) is 3.42. The summed E-state index contributed by atoms with van der Waals surface area (Å²) in [6, 6.07) is 9.50. The number of sulfone groups is 1. The van der Waals surface area contributed by atoms with Gasteiger partial charge in [0, 0.05) is 18.1 Å². The molecule has 31 heavy (non-hydrogen) atoms. The SMILES string of the molecule is Cc1ccc(C)c(S(=O)(=O)C2(C(=O)Nc3ccc(-n4ccnc4)c(F)c3)CCCC2)c1. The van der Waals surface area contributed by atoms with Gasteiger partial charge in [-0.2, -0.15) is 0 Å². The van der Waals surface area contributed by atoms with Crippen molar-refractivity contribution >= 4 is 21.4 Å². The summed E-state index contributed by atoms with van der Waals surface area (Å²) in [7, 11) is -3.94. The number of benzene rings is 2. The van der Waals surface area contributed by atoms with E-state index in [0.717, 1.165) is 5.56 Å². The fraction of sp³-hybridized carbons (Fsp3) is 0.304. The maximum absolute atomic E-state index is 14.6. The highest BCUT2D eigenvalue weighted by Crippen LogP contribution is 2.42. The Hall–Kier alpha value is -3.00. The van der Waals surface area contributed by atoms with Crippen molar-refractivity contribution < 1.29 is 17.6 Å². The van der Waals surface area contributed by atoms with Gasteiger partial charge in [0.25, 0.3) is 0 Å². The summed E-state index contributed by atoms with van der Waals surface area (Å²) in [5, 5.41) is 2.66. The maximum atomic E-state index is 14.6. The third-order valence-corrected chi connectivity index (χ3v) is 8.60. The molecular weight excluding hydrogens is 417 g/mol. The van der Waals surface area contributed by atoms with Crippen molar-refractivity contribution in [2.75, 3.05) is 5.32 Å². The number of aromatic nitrogens is 2. The summed E-state index contributed by atoms with van der Waals surface area (Å²) in [5.41, 5.74) is 1.93. The molecule has 0 unspecified atom stereocenters. The van der Waals surface area contributed by atoms with Crippen LogP contribution >= 0.6 is 0 Å². The molecule has 0 saturated heterocycles. The van der Waals surface area contributed by atoms with E-state index in [2.05, 4.69) is 10.3 Å². The average molecular weight is 442 g/mol. The van der Waals surface area contributed by atoms with Crippen molar-refractivity contribution in [2.45, 2.75) is 49.2 Å². The topological polar surface area (TPSA) is 81.1 Å². The molecule has 162 valence electrons. The van der Waals surface area contributed by atoms with Gasteiger partial charge in [-0.3, -0.25) is 4.79 Å². The molecule has 0 spiro atoms. The molecule has 1 fully saturated rings. The van der Waals surface area contributed by atoms with Crippen LogP contribution in [0.2, 0.25) is 0 Å². The van der Waals surface area contributed by atoms with Crippen molar-refractivity contribution in [1.29, 1.82) is 0 Å². The van der Waals surface area contributed by atoms with Crippen LogP contribution in [0.3, 0.4) is 0 Å². The molecular formula is C23H24FN3O3S. The van der Waals surface area contributed by atoms with Gasteiger partial charge in [-0.05, 0) is 62.1 Å². The predicted molar refractivity (Wildman–Crippen MR) is 116 cm³/mol. The van der Waals surface area contributed by atoms with E-state index >= 15 is 0 Å². The molecule has 0 atom stereocenters. The van der Waals surface area contributed by atoms with Gasteiger partial charge < -0.3 is 9.88 Å². The van der Waals surface area contributed by atoms with Crippen molar-refractivity contribution in [2.24, 2.45) is 0 Å². The number of imidazole rings is 1. The van der Waals surface area contributed by atoms with Gasteiger partial charge in [0.2, 0.25) is 5.91 Å². The van der Waals surface area contributed by atoms with E-state index in [4.69, 9.17) is 0 Å². The fourth-order valence-corrected chi connectivity index (χ4v) is 6.59. The molecule has 3 aromatic rings. The first kappa shape index (κ1) is 21.2. The Morgan fingerprint density at radius 1 is 1.13 bits per heavy atom. The van der Waals surface area contributed by atoms with E-state index in [9.17, 15) is 17.6 Å². The van der Waals surface area contributed by atoms with Crippen molar-refractivity contribution in [1.82, 2.24) is 9.55 Å². The van der Waals surface area contributed by atoms with Crippen LogP contribution in [-0.4, -0.2) is 28.6 Å². The first-order valence-electron chi connectivity index (χ1n) is 10.2. The van der Waals surface area contributed by atoms with Gasteiger partial charge in [-0.1, -0.05) is 25.0 Å². The zero-order chi connectivity index (χ0) is 22.2. The lowest BCUT2D eigenvalue weighted by Crippen LogP contribution is -2.47. The third-order valence-electron chi connectivity index (χ3n) is 5.96. The Bertz CT molecular complexity index is 1230. The Morgan fingerprint density at radius 2 is 1.87 bits per heavy atom. The molecule has 6 nitrogen and oxygen atoms in total. The van der Waals surface area contributed by atoms with Crippen LogP contribution in [0.4, 0.5) is 10.1 Å². The minimum Gasteiger partial charge on any atom is -0.325 e. The van der Waals surface area contributed by atoms with Crippen molar-refractivity contribution in [3.8, 4) is 5.69 Å². The normalized spacial score (nSPS) is 15.7. The summed E-state index contributed by atoms with van der Waals surface area (Å²) in [6.45, 7) is 3.56. The lowest BCUT2D eigenvalue weighted by Gasteiger charge is -2.28. The number of nitrogens with zero attached hydrogens (tertiary/aromatic N) is 2. The number of rotatable bonds is 5. The van der Waals surface area contributed by atoms with Crippen LogP contribution in [0.5, 0.6) is 0 Å². The molecule has 1 aliphatic carbocycles. The van der Waals surface area contributed by atoms with Crippen LogP contribution in [0.15, 0.2) is 60.0 Å². The van der Waals surface area contributed by atoms with E-state index < -0.39 is 26.3 Å². The molecule has 1 saturated carbocycles. The van der Waals surface area contributed by atoms with Crippen LogP contribution in [-0.2, 0) is 14.6 Å². The van der Waals surface area contributed by atoms with Crippen molar-refractivity contribution in [3.05, 3.63) is 72.1 Å². The van der Waals surface area contributed by atoms with Gasteiger partial charge in [0.15, 0.2) is 14.6 Å². The Kier molecular flexibility index (Phi) is 5.43. The smallest absolute Gasteiger partial charge is 0.246 e. The van der Waals surface area contributed by atoms with Gasteiger partial charge >= 0.3 is 0 Å². The minimum absolute atomic E-state index is 0.186. The van der Waals surface area contributed by atoms with E-state index in [-0.39, 0.29) is 29.1 Å². The fourth-order valence-electron chi connectivity index (χ4n) is 4.21. The van der Waals surface area contributed by atoms with Gasteiger partial charge in [-0.15, -0.1) is 0 Å². The lowest BCUT2D eigenvalue weighted by atomic mass is 10.1. The maximum Gasteiger partial charge on any atom is 0.246 e. The van der Waals surface area contributed by atoms with Gasteiger partial charge in [0.1, 0.15) is 5.82 Å². The molecule has 1 amide bonds. The minimum atomic E-state index is -3.94. The zero-order valence-electron chi connectivity index (χ0n) is 17.4. The summed E-state index contributed by atoms with van der Waals surface area (Å²) < 4.78 is 42.0. The first-order valence-corrected chi connectivity index (χ1v) is 11.6. The number of anilines is 1. The molecule has 1 aliphatic rings. The van der Waals surface area contributed by atoms with Gasteiger partial charge in [0.05, 0.1) is 16.9 Å². The molecule has 1 heterocycles. The van der Waals surface area contributed by atoms with E-state index in [1.54, 1.807) is 31.3 Å². The quantitative estimate of drug-likeness (QED) is 0.638. The summed E-state index contributed by atoms with van der Waals surface area (Å²) >= 11 is 0. The number of carbonyl (C=O) groups is 1. The molecule has 0 aliphatic heterocycles. The van der Waals surface area contributed by atoms with Crippen LogP contribution < -0.4 is 5.32 Å². The second-order valence-corrected chi connectivity index (χ2v) is 10.3. The molecule has 0 radical (unpaired) electrons. The standard InChI is InChI=1S/C23H24FN3O3S/c1-16-5-6-17(2)21(13-16)31(29,30)23(9-3-4-10-23)22(28)26-18-7-8-20(19(24)14-18)27-12-11-25-15-27/h5-8,11-15H,3-4,9-10H2,1-2H3,(H,26,28). The van der Waals surface area contributed by atoms with Crippen LogP contribution in [0, 0.1) is 19.7 Å². The van der Waals surface area contributed by atoms with Crippen LogP contribution in [0.1, 0.15) is 36.8 Å². The summed E-state index contributed by atoms with van der Waals surface area (Å²) in [6.07, 6.45) is 6.39. The number of hydrogen-bond donors (Lipinski definition) is 1. The number of amides is 1. The molecule has 8 heteroatoms. The molecule has 1 N–H and O–H groups in total. The predicted octanol–water partition coefficient (Wildman–Crippen LogP) is 4.35. The molecule has 4 rings (SSSR count). The van der Waals surface area contributed by atoms with Crippen molar-refractivity contribution in [3.63, 3.8) is 0 Å². The van der Waals surface area contributed by atoms with Crippen LogP contribution in [0.25, 0.3) is 5.69 Å². The lowest BCUT2D eigenvalue weighted by molar-refractivity contribution is -0.118. The Balaban J connectivity index is 1.68.